The van der Waals surface area contributed by atoms with E-state index in [9.17, 15) is 9.59 Å². The Morgan fingerprint density at radius 3 is 2.22 bits per heavy atom. The van der Waals surface area contributed by atoms with Crippen LogP contribution in [-0.4, -0.2) is 41.4 Å². The molecule has 0 aromatic heterocycles. The van der Waals surface area contributed by atoms with Gasteiger partial charge in [0, 0.05) is 19.6 Å². The van der Waals surface area contributed by atoms with Gasteiger partial charge < -0.3 is 20.8 Å². The second-order valence-corrected chi connectivity index (χ2v) is 5.52. The normalized spacial score (nSPS) is 14.7. The molecule has 106 valence electrons. The molecule has 0 aliphatic carbocycles. The molecule has 0 saturated heterocycles. The van der Waals surface area contributed by atoms with E-state index in [0.29, 0.717) is 6.54 Å². The standard InChI is InChI=1S/C12H24N2O4/c1-8(12(2,3)4)7-13-11(18)14-9(5-6-15)10(16)17/h8-9,15H,5-7H2,1-4H3,(H,16,17)(H2,13,14,18)/t8?,9-/m1/s1. The number of nitrogens with one attached hydrogen (secondary N) is 2. The Kier molecular flexibility index (Phi) is 6.68. The van der Waals surface area contributed by atoms with E-state index in [-0.39, 0.29) is 24.4 Å². The quantitative estimate of drug-likeness (QED) is 0.568. The Hall–Kier alpha value is -1.30. The smallest absolute Gasteiger partial charge is 0.326 e. The Morgan fingerprint density at radius 1 is 1.28 bits per heavy atom. The summed E-state index contributed by atoms with van der Waals surface area (Å²) in [6.45, 7) is 8.42. The average Bonchev–Trinajstić information content (AvgIpc) is 2.23. The van der Waals surface area contributed by atoms with Crippen LogP contribution < -0.4 is 10.6 Å². The molecule has 6 heteroatoms. The van der Waals surface area contributed by atoms with Gasteiger partial charge in [-0.05, 0) is 11.3 Å². The third-order valence-corrected chi connectivity index (χ3v) is 3.07. The number of aliphatic hydroxyl groups is 1. The molecule has 0 aliphatic rings. The molecule has 4 N–H and O–H groups in total. The molecule has 0 aromatic rings. The Bertz CT molecular complexity index is 286. The highest BCUT2D eigenvalue weighted by molar-refractivity contribution is 5.82. The van der Waals surface area contributed by atoms with Crippen LogP contribution in [-0.2, 0) is 4.79 Å². The van der Waals surface area contributed by atoms with Crippen molar-refractivity contribution in [3.8, 4) is 0 Å². The number of urea groups is 1. The molecule has 0 aliphatic heterocycles. The van der Waals surface area contributed by atoms with Crippen molar-refractivity contribution in [1.82, 2.24) is 10.6 Å². The SMILES string of the molecule is CC(CNC(=O)N[C@H](CCO)C(=O)O)C(C)(C)C. The molecule has 2 atom stereocenters. The van der Waals surface area contributed by atoms with Crippen LogP contribution in [0.3, 0.4) is 0 Å². The minimum atomic E-state index is -1.15. The van der Waals surface area contributed by atoms with E-state index in [1.165, 1.54) is 0 Å². The van der Waals surface area contributed by atoms with Crippen LogP contribution in [0.2, 0.25) is 0 Å². The fraction of sp³-hybridized carbons (Fsp3) is 0.833. The summed E-state index contributed by atoms with van der Waals surface area (Å²) in [5.41, 5.74) is 0.0740. The first-order valence-corrected chi connectivity index (χ1v) is 6.06. The number of aliphatic hydroxyl groups excluding tert-OH is 1. The molecule has 0 heterocycles. The molecule has 0 rings (SSSR count). The molecule has 0 spiro atoms. The maximum absolute atomic E-state index is 11.5. The van der Waals surface area contributed by atoms with Crippen molar-refractivity contribution < 1.29 is 19.8 Å². The van der Waals surface area contributed by atoms with E-state index in [4.69, 9.17) is 10.2 Å². The largest absolute Gasteiger partial charge is 0.480 e. The number of carboxylic acid groups (broad SMARTS) is 1. The maximum atomic E-state index is 11.5. The van der Waals surface area contributed by atoms with Crippen molar-refractivity contribution in [2.45, 2.75) is 40.2 Å². The first-order valence-electron chi connectivity index (χ1n) is 6.06. The van der Waals surface area contributed by atoms with E-state index in [2.05, 4.69) is 31.4 Å². The lowest BCUT2D eigenvalue weighted by Gasteiger charge is -2.27. The zero-order chi connectivity index (χ0) is 14.3. The van der Waals surface area contributed by atoms with Gasteiger partial charge in [0.25, 0.3) is 0 Å². The molecule has 0 aromatic carbocycles. The summed E-state index contributed by atoms with van der Waals surface area (Å²) in [4.78, 5) is 22.3. The molecule has 18 heavy (non-hydrogen) atoms. The zero-order valence-electron chi connectivity index (χ0n) is 11.5. The van der Waals surface area contributed by atoms with Gasteiger partial charge in [-0.2, -0.15) is 0 Å². The fourth-order valence-corrected chi connectivity index (χ4v) is 1.15. The predicted molar refractivity (Wildman–Crippen MR) is 68.3 cm³/mol. The second kappa shape index (κ2) is 7.20. The van der Waals surface area contributed by atoms with Gasteiger partial charge in [0.15, 0.2) is 0 Å². The van der Waals surface area contributed by atoms with Crippen molar-refractivity contribution in [2.75, 3.05) is 13.2 Å². The number of rotatable bonds is 6. The van der Waals surface area contributed by atoms with Crippen LogP contribution in [0.5, 0.6) is 0 Å². The van der Waals surface area contributed by atoms with Gasteiger partial charge in [-0.15, -0.1) is 0 Å². The van der Waals surface area contributed by atoms with Crippen molar-refractivity contribution in [1.29, 1.82) is 0 Å². The number of carboxylic acids is 1. The topological polar surface area (TPSA) is 98.7 Å². The fourth-order valence-electron chi connectivity index (χ4n) is 1.15. The predicted octanol–water partition coefficient (Wildman–Crippen LogP) is 0.803. The molecule has 0 fully saturated rings. The highest BCUT2D eigenvalue weighted by atomic mass is 16.4. The van der Waals surface area contributed by atoms with Gasteiger partial charge >= 0.3 is 12.0 Å². The van der Waals surface area contributed by atoms with Gasteiger partial charge in [-0.25, -0.2) is 9.59 Å². The van der Waals surface area contributed by atoms with Crippen LogP contribution in [0.4, 0.5) is 4.79 Å². The lowest BCUT2D eigenvalue weighted by molar-refractivity contribution is -0.139. The van der Waals surface area contributed by atoms with Gasteiger partial charge in [-0.3, -0.25) is 0 Å². The third kappa shape index (κ3) is 6.44. The summed E-state index contributed by atoms with van der Waals surface area (Å²) < 4.78 is 0. The summed E-state index contributed by atoms with van der Waals surface area (Å²) in [5, 5.41) is 22.4. The zero-order valence-corrected chi connectivity index (χ0v) is 11.5. The lowest BCUT2D eigenvalue weighted by atomic mass is 9.82. The minimum absolute atomic E-state index is 0.00240. The van der Waals surface area contributed by atoms with Crippen molar-refractivity contribution in [3.63, 3.8) is 0 Å². The molecular weight excluding hydrogens is 236 g/mol. The Labute approximate surface area is 108 Å². The van der Waals surface area contributed by atoms with E-state index >= 15 is 0 Å². The summed E-state index contributed by atoms with van der Waals surface area (Å²) in [5.74, 6) is -0.882. The number of aliphatic carboxylic acids is 1. The Balaban J connectivity index is 4.14. The molecular formula is C12H24N2O4. The number of carbonyl (C=O) groups excluding carboxylic acids is 1. The van der Waals surface area contributed by atoms with E-state index < -0.39 is 18.0 Å². The molecule has 0 saturated carbocycles. The molecule has 0 radical (unpaired) electrons. The monoisotopic (exact) mass is 260 g/mol. The highest BCUT2D eigenvalue weighted by Gasteiger charge is 2.22. The van der Waals surface area contributed by atoms with Gasteiger partial charge in [0.05, 0.1) is 0 Å². The van der Waals surface area contributed by atoms with Crippen molar-refractivity contribution >= 4 is 12.0 Å². The van der Waals surface area contributed by atoms with E-state index in [0.717, 1.165) is 0 Å². The summed E-state index contributed by atoms with van der Waals surface area (Å²) in [6.07, 6.45) is -0.00240. The van der Waals surface area contributed by atoms with Gasteiger partial charge in [0.2, 0.25) is 0 Å². The van der Waals surface area contributed by atoms with Crippen molar-refractivity contribution in [2.24, 2.45) is 11.3 Å². The first-order chi connectivity index (χ1) is 8.18. The van der Waals surface area contributed by atoms with Crippen LogP contribution in [0.25, 0.3) is 0 Å². The highest BCUT2D eigenvalue weighted by Crippen LogP contribution is 2.24. The van der Waals surface area contributed by atoms with Crippen LogP contribution in [0, 0.1) is 11.3 Å². The molecule has 1 unspecified atom stereocenters. The van der Waals surface area contributed by atoms with Crippen LogP contribution >= 0.6 is 0 Å². The van der Waals surface area contributed by atoms with Crippen LogP contribution in [0.15, 0.2) is 0 Å². The molecule has 0 bridgehead atoms. The number of hydrogen-bond donors (Lipinski definition) is 4. The maximum Gasteiger partial charge on any atom is 0.326 e. The number of carbonyl (C=O) groups is 2. The van der Waals surface area contributed by atoms with Gasteiger partial charge in [-0.1, -0.05) is 27.7 Å². The lowest BCUT2D eigenvalue weighted by Crippen LogP contribution is -2.48. The van der Waals surface area contributed by atoms with Crippen LogP contribution in [0.1, 0.15) is 34.1 Å². The summed E-state index contributed by atoms with van der Waals surface area (Å²) in [7, 11) is 0. The average molecular weight is 260 g/mol. The molecule has 6 nitrogen and oxygen atoms in total. The van der Waals surface area contributed by atoms with E-state index in [1.54, 1.807) is 0 Å². The third-order valence-electron chi connectivity index (χ3n) is 3.07. The summed E-state index contributed by atoms with van der Waals surface area (Å²) in [6, 6.07) is -1.58. The Morgan fingerprint density at radius 2 is 1.83 bits per heavy atom. The van der Waals surface area contributed by atoms with Crippen molar-refractivity contribution in [3.05, 3.63) is 0 Å². The molecule has 2 amide bonds. The first kappa shape index (κ1) is 16.7. The number of hydrogen-bond acceptors (Lipinski definition) is 3. The van der Waals surface area contributed by atoms with E-state index in [1.807, 2.05) is 6.92 Å². The van der Waals surface area contributed by atoms with Gasteiger partial charge in [0.1, 0.15) is 6.04 Å². The summed E-state index contributed by atoms with van der Waals surface area (Å²) >= 11 is 0. The second-order valence-electron chi connectivity index (χ2n) is 5.52. The number of amides is 2. The minimum Gasteiger partial charge on any atom is -0.480 e.